The largest absolute Gasteiger partial charge is 0.494 e. The molecule has 0 spiro atoms. The topological polar surface area (TPSA) is 69.2 Å². The summed E-state index contributed by atoms with van der Waals surface area (Å²) in [6.07, 6.45) is 4.11. The molecule has 2 rings (SSSR count). The van der Waals surface area contributed by atoms with Crippen LogP contribution in [0, 0.1) is 0 Å². The van der Waals surface area contributed by atoms with Crippen molar-refractivity contribution in [1.29, 1.82) is 0 Å². The van der Waals surface area contributed by atoms with Crippen LogP contribution in [0.2, 0.25) is 0 Å². The van der Waals surface area contributed by atoms with Crippen LogP contribution in [0.4, 0.5) is 0 Å². The molecule has 1 N–H and O–H groups in total. The summed E-state index contributed by atoms with van der Waals surface area (Å²) >= 11 is 3.45. The van der Waals surface area contributed by atoms with Crippen LogP contribution in [0.1, 0.15) is 29.3 Å². The second-order valence-corrected chi connectivity index (χ2v) is 6.56. The van der Waals surface area contributed by atoms with Crippen molar-refractivity contribution in [2.45, 2.75) is 13.3 Å². The molecule has 0 aliphatic carbocycles. The molecule has 0 saturated heterocycles. The molecule has 7 heteroatoms. The molecular weight excluding hydrogens is 424 g/mol. The molecule has 2 aromatic carbocycles. The van der Waals surface area contributed by atoms with E-state index < -0.39 is 0 Å². The van der Waals surface area contributed by atoms with Gasteiger partial charge < -0.3 is 14.2 Å². The van der Waals surface area contributed by atoms with Crippen molar-refractivity contribution in [3.8, 4) is 17.2 Å². The van der Waals surface area contributed by atoms with Crippen molar-refractivity contribution in [2.75, 3.05) is 20.3 Å². The molecule has 2 aromatic rings. The number of methoxy groups -OCH3 is 1. The molecule has 1 amide bonds. The predicted octanol–water partition coefficient (Wildman–Crippen LogP) is 4.58. The van der Waals surface area contributed by atoms with E-state index in [4.69, 9.17) is 14.2 Å². The molecule has 0 radical (unpaired) electrons. The Morgan fingerprint density at radius 3 is 2.64 bits per heavy atom. The number of hydrazone groups is 1. The van der Waals surface area contributed by atoms with Gasteiger partial charge in [-0.05, 0) is 64.3 Å². The maximum absolute atomic E-state index is 12.2. The summed E-state index contributed by atoms with van der Waals surface area (Å²) < 4.78 is 17.1. The number of carbonyl (C=O) groups excluding carboxylic acids is 1. The standard InChI is InChI=1S/C21H23BrN2O4/c1-4-10-27-17-8-6-16(7-9-17)21(25)24-23-14-15-12-18(22)20(28-11-5-2)19(13-15)26-3/h5-9,12-14H,2,4,10-11H2,1,3H3,(H,24,25)/b23-14-. The third-order valence-corrected chi connectivity index (χ3v) is 4.16. The first kappa shape index (κ1) is 21.5. The highest BCUT2D eigenvalue weighted by Gasteiger charge is 2.11. The molecule has 6 nitrogen and oxygen atoms in total. The number of nitrogens with one attached hydrogen (secondary N) is 1. The lowest BCUT2D eigenvalue weighted by Gasteiger charge is -2.12. The van der Waals surface area contributed by atoms with Gasteiger partial charge in [0, 0.05) is 5.56 Å². The first-order chi connectivity index (χ1) is 13.6. The van der Waals surface area contributed by atoms with E-state index in [1.807, 2.05) is 13.0 Å². The number of hydrogen-bond donors (Lipinski definition) is 1. The van der Waals surface area contributed by atoms with Crippen LogP contribution < -0.4 is 19.6 Å². The molecule has 0 aliphatic rings. The number of benzene rings is 2. The lowest BCUT2D eigenvalue weighted by molar-refractivity contribution is 0.0955. The summed E-state index contributed by atoms with van der Waals surface area (Å²) in [6.45, 7) is 6.67. The Kier molecular flexibility index (Phi) is 8.55. The summed E-state index contributed by atoms with van der Waals surface area (Å²) in [5.74, 6) is 1.55. The average molecular weight is 447 g/mol. The van der Waals surface area contributed by atoms with Gasteiger partial charge in [0.15, 0.2) is 11.5 Å². The summed E-state index contributed by atoms with van der Waals surface area (Å²) in [5, 5.41) is 4.01. The fourth-order valence-electron chi connectivity index (χ4n) is 2.25. The summed E-state index contributed by atoms with van der Waals surface area (Å²) in [4.78, 5) is 12.2. The lowest BCUT2D eigenvalue weighted by Crippen LogP contribution is -2.17. The highest BCUT2D eigenvalue weighted by molar-refractivity contribution is 9.10. The van der Waals surface area contributed by atoms with Gasteiger partial charge in [-0.15, -0.1) is 0 Å². The van der Waals surface area contributed by atoms with E-state index in [9.17, 15) is 4.79 Å². The number of carbonyl (C=O) groups is 1. The number of rotatable bonds is 10. The monoisotopic (exact) mass is 446 g/mol. The molecule has 148 valence electrons. The van der Waals surface area contributed by atoms with Crippen LogP contribution in [0.15, 0.2) is 58.6 Å². The van der Waals surface area contributed by atoms with E-state index >= 15 is 0 Å². The normalized spacial score (nSPS) is 10.5. The third kappa shape index (κ3) is 6.13. The summed E-state index contributed by atoms with van der Waals surface area (Å²) in [7, 11) is 1.55. The molecule has 28 heavy (non-hydrogen) atoms. The molecule has 0 fully saturated rings. The summed E-state index contributed by atoms with van der Waals surface area (Å²) in [5.41, 5.74) is 3.73. The second kappa shape index (κ2) is 11.1. The van der Waals surface area contributed by atoms with E-state index in [0.717, 1.165) is 17.7 Å². The van der Waals surface area contributed by atoms with Crippen molar-refractivity contribution in [3.05, 3.63) is 64.7 Å². The molecule has 0 aromatic heterocycles. The van der Waals surface area contributed by atoms with Crippen molar-refractivity contribution < 1.29 is 19.0 Å². The van der Waals surface area contributed by atoms with Crippen LogP contribution in [-0.2, 0) is 0 Å². The highest BCUT2D eigenvalue weighted by atomic mass is 79.9. The molecule has 0 aliphatic heterocycles. The van der Waals surface area contributed by atoms with Gasteiger partial charge in [0.2, 0.25) is 0 Å². The predicted molar refractivity (Wildman–Crippen MR) is 114 cm³/mol. The van der Waals surface area contributed by atoms with Gasteiger partial charge in [-0.2, -0.15) is 5.10 Å². The Hall–Kier alpha value is -2.80. The van der Waals surface area contributed by atoms with Gasteiger partial charge in [-0.3, -0.25) is 4.79 Å². The first-order valence-electron chi connectivity index (χ1n) is 8.76. The van der Waals surface area contributed by atoms with Crippen LogP contribution >= 0.6 is 15.9 Å². The molecular formula is C21H23BrN2O4. The second-order valence-electron chi connectivity index (χ2n) is 5.71. The van der Waals surface area contributed by atoms with Gasteiger partial charge >= 0.3 is 0 Å². The van der Waals surface area contributed by atoms with Crippen LogP contribution in [0.5, 0.6) is 17.2 Å². The van der Waals surface area contributed by atoms with Crippen molar-refractivity contribution in [1.82, 2.24) is 5.43 Å². The lowest BCUT2D eigenvalue weighted by atomic mass is 10.2. The fraction of sp³-hybridized carbons (Fsp3) is 0.238. The number of hydrogen-bond acceptors (Lipinski definition) is 5. The molecule has 0 atom stereocenters. The Bertz CT molecular complexity index is 835. The van der Waals surface area contributed by atoms with E-state index in [1.165, 1.54) is 6.21 Å². The maximum atomic E-state index is 12.2. The Morgan fingerprint density at radius 1 is 1.25 bits per heavy atom. The Morgan fingerprint density at radius 2 is 2.00 bits per heavy atom. The quantitative estimate of drug-likeness (QED) is 0.329. The first-order valence-corrected chi connectivity index (χ1v) is 9.55. The van der Waals surface area contributed by atoms with E-state index in [1.54, 1.807) is 43.5 Å². The number of nitrogens with zero attached hydrogens (tertiary/aromatic N) is 1. The summed E-state index contributed by atoms with van der Waals surface area (Å²) in [6, 6.07) is 10.5. The van der Waals surface area contributed by atoms with Crippen molar-refractivity contribution >= 4 is 28.1 Å². The molecule has 0 unspecified atom stereocenters. The molecule has 0 bridgehead atoms. The minimum Gasteiger partial charge on any atom is -0.494 e. The van der Waals surface area contributed by atoms with E-state index in [0.29, 0.717) is 34.7 Å². The SMILES string of the molecule is C=CCOc1c(Br)cc(/C=N\NC(=O)c2ccc(OCCC)cc2)cc1OC. The molecule has 0 saturated carbocycles. The Labute approximate surface area is 173 Å². The van der Waals surface area contributed by atoms with Gasteiger partial charge in [0.25, 0.3) is 5.91 Å². The number of ether oxygens (including phenoxy) is 3. The van der Waals surface area contributed by atoms with E-state index in [-0.39, 0.29) is 5.91 Å². The van der Waals surface area contributed by atoms with Gasteiger partial charge in [0.05, 0.1) is 24.4 Å². The van der Waals surface area contributed by atoms with Gasteiger partial charge in [0.1, 0.15) is 12.4 Å². The number of amides is 1. The highest BCUT2D eigenvalue weighted by Crippen LogP contribution is 2.36. The average Bonchev–Trinajstić information content (AvgIpc) is 2.71. The minimum absolute atomic E-state index is 0.310. The van der Waals surface area contributed by atoms with Crippen molar-refractivity contribution in [2.24, 2.45) is 5.10 Å². The van der Waals surface area contributed by atoms with Crippen LogP contribution in [-0.4, -0.2) is 32.4 Å². The van der Waals surface area contributed by atoms with E-state index in [2.05, 4.69) is 33.0 Å². The fourth-order valence-corrected chi connectivity index (χ4v) is 2.82. The number of halogens is 1. The molecule has 0 heterocycles. The minimum atomic E-state index is -0.310. The van der Waals surface area contributed by atoms with Gasteiger partial charge in [-0.25, -0.2) is 5.43 Å². The Balaban J connectivity index is 2.02. The third-order valence-electron chi connectivity index (χ3n) is 3.57. The van der Waals surface area contributed by atoms with Crippen molar-refractivity contribution in [3.63, 3.8) is 0 Å². The zero-order chi connectivity index (χ0) is 20.4. The zero-order valence-electron chi connectivity index (χ0n) is 15.9. The zero-order valence-corrected chi connectivity index (χ0v) is 17.5. The van der Waals surface area contributed by atoms with Crippen LogP contribution in [0.3, 0.4) is 0 Å². The van der Waals surface area contributed by atoms with Crippen LogP contribution in [0.25, 0.3) is 0 Å². The van der Waals surface area contributed by atoms with Gasteiger partial charge in [-0.1, -0.05) is 19.6 Å². The maximum Gasteiger partial charge on any atom is 0.271 e. The smallest absolute Gasteiger partial charge is 0.271 e.